The van der Waals surface area contributed by atoms with E-state index in [0.717, 1.165) is 11.6 Å². The van der Waals surface area contributed by atoms with Gasteiger partial charge in [-0.25, -0.2) is 8.42 Å². The zero-order valence-corrected chi connectivity index (χ0v) is 19.3. The monoisotopic (exact) mass is 489 g/mol. The molecule has 1 heterocycles. The van der Waals surface area contributed by atoms with Crippen LogP contribution < -0.4 is 14.8 Å². The van der Waals surface area contributed by atoms with Gasteiger partial charge in [0.25, 0.3) is 5.69 Å². The van der Waals surface area contributed by atoms with Gasteiger partial charge in [0.1, 0.15) is 30.3 Å². The Bertz CT molecular complexity index is 1270. The van der Waals surface area contributed by atoms with Crippen LogP contribution in [0.1, 0.15) is 16.9 Å². The van der Waals surface area contributed by atoms with Crippen LogP contribution in [-0.4, -0.2) is 33.0 Å². The van der Waals surface area contributed by atoms with Gasteiger partial charge in [-0.05, 0) is 43.3 Å². The predicted molar refractivity (Wildman–Crippen MR) is 122 cm³/mol. The minimum absolute atomic E-state index is 0.104. The van der Waals surface area contributed by atoms with Gasteiger partial charge in [-0.15, -0.1) is 0 Å². The summed E-state index contributed by atoms with van der Waals surface area (Å²) in [5, 5.41) is 14.3. The third-order valence-electron chi connectivity index (χ3n) is 4.74. The number of nitrogens with zero attached hydrogens (tertiary/aromatic N) is 1. The Morgan fingerprint density at radius 3 is 2.65 bits per heavy atom. The molecular formula is C22H23N3O8S. The van der Waals surface area contributed by atoms with Gasteiger partial charge in [0.05, 0.1) is 29.7 Å². The van der Waals surface area contributed by atoms with Crippen molar-refractivity contribution in [3.63, 3.8) is 0 Å². The highest BCUT2D eigenvalue weighted by Crippen LogP contribution is 2.28. The molecule has 0 aliphatic carbocycles. The molecular weight excluding hydrogens is 466 g/mol. The molecule has 11 nitrogen and oxygen atoms in total. The number of carbonyl (C=O) groups is 1. The molecule has 0 fully saturated rings. The van der Waals surface area contributed by atoms with Crippen LogP contribution in [0.4, 0.5) is 11.4 Å². The second kappa shape index (κ2) is 10.8. The van der Waals surface area contributed by atoms with E-state index in [9.17, 15) is 23.3 Å². The van der Waals surface area contributed by atoms with Crippen LogP contribution >= 0.6 is 0 Å². The molecule has 2 N–H and O–H groups in total. The molecule has 0 saturated carbocycles. The summed E-state index contributed by atoms with van der Waals surface area (Å²) >= 11 is 0. The quantitative estimate of drug-likeness (QED) is 0.235. The number of anilines is 1. The van der Waals surface area contributed by atoms with Crippen LogP contribution in [0, 0.1) is 17.0 Å². The van der Waals surface area contributed by atoms with Crippen LogP contribution in [0.2, 0.25) is 0 Å². The standard InChI is InChI=1S/C22H23N3O8S/c1-15-5-8-21(31-2)16(10-15)14-33-22(26)13-24-34(29,30)18-6-7-19(20(11-18)25(27)28)23-12-17-4-3-9-32-17/h3-11,23-24H,12-14H2,1-2H3. The lowest BCUT2D eigenvalue weighted by Crippen LogP contribution is -2.30. The fourth-order valence-corrected chi connectivity index (χ4v) is 4.03. The number of methoxy groups -OCH3 is 1. The Kier molecular flexibility index (Phi) is 7.87. The zero-order valence-electron chi connectivity index (χ0n) is 18.4. The maximum absolute atomic E-state index is 12.6. The van der Waals surface area contributed by atoms with Crippen LogP contribution in [-0.2, 0) is 32.7 Å². The van der Waals surface area contributed by atoms with Crippen LogP contribution in [0.3, 0.4) is 0 Å². The van der Waals surface area contributed by atoms with Crippen LogP contribution in [0.25, 0.3) is 0 Å². The third kappa shape index (κ3) is 6.33. The molecule has 0 saturated heterocycles. The number of sulfonamides is 1. The number of ether oxygens (including phenoxy) is 2. The number of esters is 1. The summed E-state index contributed by atoms with van der Waals surface area (Å²) in [6, 6.07) is 12.1. The first-order valence-corrected chi connectivity index (χ1v) is 11.5. The number of nitro benzene ring substituents is 1. The first kappa shape index (κ1) is 24.7. The van der Waals surface area contributed by atoms with E-state index in [1.54, 1.807) is 24.3 Å². The van der Waals surface area contributed by atoms with Gasteiger partial charge < -0.3 is 19.2 Å². The van der Waals surface area contributed by atoms with Crippen molar-refractivity contribution in [2.45, 2.75) is 25.0 Å². The van der Waals surface area contributed by atoms with Crippen LogP contribution in [0.5, 0.6) is 5.75 Å². The number of hydrogen-bond acceptors (Lipinski definition) is 9. The Balaban J connectivity index is 1.63. The van der Waals surface area contributed by atoms with E-state index in [2.05, 4.69) is 10.0 Å². The Morgan fingerprint density at radius 1 is 1.18 bits per heavy atom. The van der Waals surface area contributed by atoms with Gasteiger partial charge in [-0.1, -0.05) is 11.6 Å². The summed E-state index contributed by atoms with van der Waals surface area (Å²) in [6.45, 7) is 1.29. The van der Waals surface area contributed by atoms with E-state index >= 15 is 0 Å². The summed E-state index contributed by atoms with van der Waals surface area (Å²) < 4.78 is 42.8. The van der Waals surface area contributed by atoms with E-state index in [0.29, 0.717) is 17.1 Å². The van der Waals surface area contributed by atoms with E-state index in [1.807, 2.05) is 13.0 Å². The highest BCUT2D eigenvalue weighted by molar-refractivity contribution is 7.89. The van der Waals surface area contributed by atoms with Crippen molar-refractivity contribution in [3.05, 3.63) is 81.8 Å². The minimum Gasteiger partial charge on any atom is -0.496 e. The number of hydrogen-bond donors (Lipinski definition) is 2. The average Bonchev–Trinajstić information content (AvgIpc) is 3.33. The number of nitro groups is 1. The van der Waals surface area contributed by atoms with Gasteiger partial charge in [-0.3, -0.25) is 14.9 Å². The summed E-state index contributed by atoms with van der Waals surface area (Å²) in [5.74, 6) is 0.264. The van der Waals surface area contributed by atoms with Crippen molar-refractivity contribution in [1.29, 1.82) is 0 Å². The average molecular weight is 490 g/mol. The first-order valence-electron chi connectivity index (χ1n) is 10.0. The second-order valence-corrected chi connectivity index (χ2v) is 8.94. The summed E-state index contributed by atoms with van der Waals surface area (Å²) in [7, 11) is -2.73. The molecule has 0 atom stereocenters. The minimum atomic E-state index is -4.22. The maximum atomic E-state index is 12.6. The number of nitrogens with one attached hydrogen (secondary N) is 2. The van der Waals surface area contributed by atoms with E-state index in [4.69, 9.17) is 13.9 Å². The van der Waals surface area contributed by atoms with Gasteiger partial charge in [0.2, 0.25) is 10.0 Å². The summed E-state index contributed by atoms with van der Waals surface area (Å²) in [4.78, 5) is 22.5. The molecule has 3 aromatic rings. The molecule has 1 aromatic heterocycles. The molecule has 0 amide bonds. The Labute approximate surface area is 195 Å². The van der Waals surface area contributed by atoms with E-state index < -0.39 is 33.1 Å². The molecule has 12 heteroatoms. The molecule has 0 aliphatic heterocycles. The van der Waals surface area contributed by atoms with Gasteiger partial charge >= 0.3 is 5.97 Å². The molecule has 0 aliphatic rings. The molecule has 34 heavy (non-hydrogen) atoms. The highest BCUT2D eigenvalue weighted by Gasteiger charge is 2.22. The van der Waals surface area contributed by atoms with Crippen molar-refractivity contribution in [1.82, 2.24) is 4.72 Å². The molecule has 0 radical (unpaired) electrons. The molecule has 0 bridgehead atoms. The molecule has 0 unspecified atom stereocenters. The zero-order chi connectivity index (χ0) is 24.7. The predicted octanol–water partition coefficient (Wildman–Crippen LogP) is 3.14. The Hall–Kier alpha value is -3.90. The third-order valence-corrected chi connectivity index (χ3v) is 6.14. The van der Waals surface area contributed by atoms with Crippen molar-refractivity contribution in [2.75, 3.05) is 19.0 Å². The topological polar surface area (TPSA) is 150 Å². The lowest BCUT2D eigenvalue weighted by Gasteiger charge is -2.11. The SMILES string of the molecule is COc1ccc(C)cc1COC(=O)CNS(=O)(=O)c1ccc(NCc2ccco2)c([N+](=O)[O-])c1. The summed E-state index contributed by atoms with van der Waals surface area (Å²) in [6.07, 6.45) is 1.47. The lowest BCUT2D eigenvalue weighted by atomic mass is 10.1. The fourth-order valence-electron chi connectivity index (χ4n) is 3.04. The number of furan rings is 1. The molecule has 2 aromatic carbocycles. The smallest absolute Gasteiger partial charge is 0.321 e. The van der Waals surface area contributed by atoms with Gasteiger partial charge in [0.15, 0.2) is 0 Å². The number of carbonyl (C=O) groups excluding carboxylic acids is 1. The van der Waals surface area contributed by atoms with Crippen molar-refractivity contribution in [2.24, 2.45) is 0 Å². The Morgan fingerprint density at radius 2 is 1.97 bits per heavy atom. The van der Waals surface area contributed by atoms with E-state index in [-0.39, 0.29) is 23.7 Å². The first-order chi connectivity index (χ1) is 16.2. The summed E-state index contributed by atoms with van der Waals surface area (Å²) in [5.41, 5.74) is 1.25. The largest absolute Gasteiger partial charge is 0.496 e. The van der Waals surface area contributed by atoms with E-state index in [1.165, 1.54) is 25.5 Å². The second-order valence-electron chi connectivity index (χ2n) is 7.17. The van der Waals surface area contributed by atoms with Crippen molar-refractivity contribution < 1.29 is 32.0 Å². The van der Waals surface area contributed by atoms with Gasteiger partial charge in [-0.2, -0.15) is 4.72 Å². The number of rotatable bonds is 11. The van der Waals surface area contributed by atoms with Gasteiger partial charge in [0, 0.05) is 11.6 Å². The molecule has 180 valence electrons. The highest BCUT2D eigenvalue weighted by atomic mass is 32.2. The van der Waals surface area contributed by atoms with Crippen LogP contribution in [0.15, 0.2) is 64.1 Å². The number of aryl methyl sites for hydroxylation is 1. The fraction of sp³-hybridized carbons (Fsp3) is 0.227. The lowest BCUT2D eigenvalue weighted by molar-refractivity contribution is -0.384. The molecule has 3 rings (SSSR count). The maximum Gasteiger partial charge on any atom is 0.321 e. The number of benzene rings is 2. The normalized spacial score (nSPS) is 11.1. The van der Waals surface area contributed by atoms with Crippen molar-refractivity contribution >= 4 is 27.4 Å². The molecule has 0 spiro atoms. The van der Waals surface area contributed by atoms with Crippen molar-refractivity contribution in [3.8, 4) is 5.75 Å².